The van der Waals surface area contributed by atoms with Crippen LogP contribution in [0.2, 0.25) is 0 Å². The van der Waals surface area contributed by atoms with Gasteiger partial charge in [0.2, 0.25) is 0 Å². The van der Waals surface area contributed by atoms with Crippen LogP contribution >= 0.6 is 0 Å². The smallest absolute Gasteiger partial charge is 0.329 e. The van der Waals surface area contributed by atoms with E-state index in [1.54, 1.807) is 12.1 Å². The summed E-state index contributed by atoms with van der Waals surface area (Å²) >= 11 is 0. The second kappa shape index (κ2) is 11.6. The zero-order chi connectivity index (χ0) is 20.2. The van der Waals surface area contributed by atoms with Crippen LogP contribution in [0.4, 0.5) is 11.4 Å². The Morgan fingerprint density at radius 2 is 1.74 bits per heavy atom. The summed E-state index contributed by atoms with van der Waals surface area (Å²) in [4.78, 5) is 35.6. The summed E-state index contributed by atoms with van der Waals surface area (Å²) in [7, 11) is 2.71. The first-order valence-electron chi connectivity index (χ1n) is 8.40. The largest absolute Gasteiger partial charge is 0.469 e. The van der Waals surface area contributed by atoms with Gasteiger partial charge in [-0.3, -0.25) is 19.8 Å². The van der Waals surface area contributed by atoms with Gasteiger partial charge in [-0.05, 0) is 12.1 Å². The Morgan fingerprint density at radius 1 is 1.15 bits per heavy atom. The quantitative estimate of drug-likeness (QED) is 0.318. The number of carbonyl (C=O) groups excluding carboxylic acids is 2. The molecule has 1 aromatic carbocycles. The molecule has 0 unspecified atom stereocenters. The fraction of sp³-hybridized carbons (Fsp3) is 0.444. The summed E-state index contributed by atoms with van der Waals surface area (Å²) in [6, 6.07) is 6.61. The molecule has 148 valence electrons. The van der Waals surface area contributed by atoms with Crippen molar-refractivity contribution < 1.29 is 24.0 Å². The first-order chi connectivity index (χ1) is 12.9. The molecule has 0 atom stereocenters. The first-order valence-corrected chi connectivity index (χ1v) is 8.40. The zero-order valence-electron chi connectivity index (χ0n) is 15.6. The lowest BCUT2D eigenvalue weighted by Gasteiger charge is -2.35. The number of non-ortho nitro benzene ring substituents is 1. The lowest BCUT2D eigenvalue weighted by Crippen LogP contribution is -2.46. The summed E-state index contributed by atoms with van der Waals surface area (Å²) in [6.07, 6.45) is 1.52. The molecule has 1 fully saturated rings. The molecule has 0 radical (unpaired) electrons. The third kappa shape index (κ3) is 7.87. The number of carbonyl (C=O) groups is 2. The van der Waals surface area contributed by atoms with Crippen molar-refractivity contribution >= 4 is 23.3 Å². The second-order valence-electron chi connectivity index (χ2n) is 5.66. The van der Waals surface area contributed by atoms with Crippen LogP contribution in [-0.2, 0) is 19.1 Å². The Balaban J connectivity index is 0.000000527. The van der Waals surface area contributed by atoms with E-state index in [9.17, 15) is 19.7 Å². The van der Waals surface area contributed by atoms with E-state index in [0.717, 1.165) is 37.9 Å². The number of methoxy groups -OCH3 is 2. The molecule has 0 aromatic heterocycles. The standard InChI is InChI=1S/C14H19N3O4.C4H6O2/c1-21-14(18)6-7-15-8-10-16(11-9-15)12-2-4-13(5-3-12)17(19)20;1-3-4(5)6-2/h2-5H,6-11H2,1H3;3H,1H2,2H3. The van der Waals surface area contributed by atoms with Crippen molar-refractivity contribution in [3.63, 3.8) is 0 Å². The molecule has 0 saturated carbocycles. The van der Waals surface area contributed by atoms with Crippen molar-refractivity contribution in [3.05, 3.63) is 47.0 Å². The molecular formula is C18H25N3O6. The number of benzene rings is 1. The lowest BCUT2D eigenvalue weighted by atomic mass is 10.2. The second-order valence-corrected chi connectivity index (χ2v) is 5.66. The van der Waals surface area contributed by atoms with Crippen molar-refractivity contribution in [2.45, 2.75) is 6.42 Å². The number of nitro groups is 1. The maximum Gasteiger partial charge on any atom is 0.329 e. The van der Waals surface area contributed by atoms with E-state index in [1.807, 2.05) is 0 Å². The predicted octanol–water partition coefficient (Wildman–Crippen LogP) is 1.63. The first kappa shape index (κ1) is 22.1. The Morgan fingerprint density at radius 3 is 2.15 bits per heavy atom. The van der Waals surface area contributed by atoms with Gasteiger partial charge in [0, 0.05) is 56.6 Å². The normalized spacial score (nSPS) is 13.8. The Bertz CT molecular complexity index is 639. The molecule has 1 aliphatic rings. The van der Waals surface area contributed by atoms with Crippen LogP contribution in [-0.4, -0.2) is 68.7 Å². The van der Waals surface area contributed by atoms with Gasteiger partial charge in [-0.25, -0.2) is 4.79 Å². The van der Waals surface area contributed by atoms with Gasteiger partial charge in [0.1, 0.15) is 0 Å². The highest BCUT2D eigenvalue weighted by atomic mass is 16.6. The van der Waals surface area contributed by atoms with Crippen LogP contribution in [0.15, 0.2) is 36.9 Å². The van der Waals surface area contributed by atoms with Crippen LogP contribution < -0.4 is 4.90 Å². The predicted molar refractivity (Wildman–Crippen MR) is 101 cm³/mol. The fourth-order valence-corrected chi connectivity index (χ4v) is 2.45. The van der Waals surface area contributed by atoms with E-state index in [1.165, 1.54) is 26.4 Å². The summed E-state index contributed by atoms with van der Waals surface area (Å²) in [5.74, 6) is -0.581. The number of anilines is 1. The van der Waals surface area contributed by atoms with Crippen molar-refractivity contribution in [2.75, 3.05) is 51.8 Å². The van der Waals surface area contributed by atoms with Crippen LogP contribution in [0, 0.1) is 10.1 Å². The Hall–Kier alpha value is -2.94. The highest BCUT2D eigenvalue weighted by molar-refractivity contribution is 5.80. The van der Waals surface area contributed by atoms with Gasteiger partial charge in [-0.2, -0.15) is 0 Å². The van der Waals surface area contributed by atoms with E-state index in [-0.39, 0.29) is 11.7 Å². The number of ether oxygens (including phenoxy) is 2. The van der Waals surface area contributed by atoms with Gasteiger partial charge < -0.3 is 14.4 Å². The number of hydrogen-bond donors (Lipinski definition) is 0. The molecular weight excluding hydrogens is 354 g/mol. The highest BCUT2D eigenvalue weighted by Gasteiger charge is 2.18. The fourth-order valence-electron chi connectivity index (χ4n) is 2.45. The van der Waals surface area contributed by atoms with E-state index in [2.05, 4.69) is 25.9 Å². The van der Waals surface area contributed by atoms with Gasteiger partial charge >= 0.3 is 11.9 Å². The minimum atomic E-state index is -0.394. The van der Waals surface area contributed by atoms with Crippen molar-refractivity contribution in [1.82, 2.24) is 4.90 Å². The number of nitrogens with zero attached hydrogens (tertiary/aromatic N) is 3. The van der Waals surface area contributed by atoms with Gasteiger partial charge in [-0.1, -0.05) is 6.58 Å². The van der Waals surface area contributed by atoms with Crippen molar-refractivity contribution in [2.24, 2.45) is 0 Å². The van der Waals surface area contributed by atoms with E-state index in [0.29, 0.717) is 13.0 Å². The minimum absolute atomic E-state index is 0.107. The van der Waals surface area contributed by atoms with Gasteiger partial charge in [0.25, 0.3) is 5.69 Å². The minimum Gasteiger partial charge on any atom is -0.469 e. The molecule has 27 heavy (non-hydrogen) atoms. The molecule has 0 amide bonds. The Labute approximate surface area is 158 Å². The number of piperazine rings is 1. The molecule has 2 rings (SSSR count). The topological polar surface area (TPSA) is 102 Å². The molecule has 1 aromatic rings. The average Bonchev–Trinajstić information content (AvgIpc) is 2.72. The molecule has 9 heteroatoms. The van der Waals surface area contributed by atoms with Crippen LogP contribution in [0.3, 0.4) is 0 Å². The summed E-state index contributed by atoms with van der Waals surface area (Å²) in [6.45, 7) is 7.30. The number of esters is 2. The molecule has 0 N–H and O–H groups in total. The molecule has 1 aliphatic heterocycles. The molecule has 0 bridgehead atoms. The highest BCUT2D eigenvalue weighted by Crippen LogP contribution is 2.20. The average molecular weight is 379 g/mol. The van der Waals surface area contributed by atoms with E-state index in [4.69, 9.17) is 0 Å². The SMILES string of the molecule is C=CC(=O)OC.COC(=O)CCN1CCN(c2ccc([N+](=O)[O-])cc2)CC1. The summed E-state index contributed by atoms with van der Waals surface area (Å²) in [5.41, 5.74) is 1.10. The summed E-state index contributed by atoms with van der Waals surface area (Å²) in [5, 5.41) is 10.6. The monoisotopic (exact) mass is 379 g/mol. The van der Waals surface area contributed by atoms with E-state index >= 15 is 0 Å². The van der Waals surface area contributed by atoms with Crippen LogP contribution in [0.25, 0.3) is 0 Å². The maximum atomic E-state index is 11.1. The van der Waals surface area contributed by atoms with Crippen molar-refractivity contribution in [3.8, 4) is 0 Å². The summed E-state index contributed by atoms with van der Waals surface area (Å²) < 4.78 is 8.77. The molecule has 1 heterocycles. The third-order valence-electron chi connectivity index (χ3n) is 4.03. The third-order valence-corrected chi connectivity index (χ3v) is 4.03. The molecule has 9 nitrogen and oxygen atoms in total. The zero-order valence-corrected chi connectivity index (χ0v) is 15.6. The number of nitro benzene ring substituents is 1. The van der Waals surface area contributed by atoms with E-state index < -0.39 is 10.9 Å². The van der Waals surface area contributed by atoms with Crippen LogP contribution in [0.1, 0.15) is 6.42 Å². The number of hydrogen-bond acceptors (Lipinski definition) is 8. The maximum absolute atomic E-state index is 11.1. The van der Waals surface area contributed by atoms with Gasteiger partial charge in [0.05, 0.1) is 25.6 Å². The van der Waals surface area contributed by atoms with Gasteiger partial charge in [-0.15, -0.1) is 0 Å². The van der Waals surface area contributed by atoms with Crippen LogP contribution in [0.5, 0.6) is 0 Å². The Kier molecular flexibility index (Phi) is 9.52. The van der Waals surface area contributed by atoms with Crippen molar-refractivity contribution in [1.29, 1.82) is 0 Å². The van der Waals surface area contributed by atoms with Gasteiger partial charge in [0.15, 0.2) is 0 Å². The molecule has 0 spiro atoms. The lowest BCUT2D eigenvalue weighted by molar-refractivity contribution is -0.384. The number of rotatable bonds is 6. The molecule has 1 saturated heterocycles. The molecule has 0 aliphatic carbocycles.